The number of ether oxygens (including phenoxy) is 1. The summed E-state index contributed by atoms with van der Waals surface area (Å²) >= 11 is 0. The van der Waals surface area contributed by atoms with E-state index in [1.807, 2.05) is 43.6 Å². The van der Waals surface area contributed by atoms with Crippen LogP contribution in [0.1, 0.15) is 0 Å². The van der Waals surface area contributed by atoms with Crippen LogP contribution in [0.25, 0.3) is 0 Å². The molecule has 84 valence electrons. The zero-order valence-corrected chi connectivity index (χ0v) is 9.26. The maximum Gasteiger partial charge on any atom is 0.119 e. The van der Waals surface area contributed by atoms with E-state index in [0.717, 1.165) is 18.0 Å². The fourth-order valence-corrected chi connectivity index (χ4v) is 1.39. The first kappa shape index (κ1) is 10.5. The molecule has 0 aliphatic heterocycles. The van der Waals surface area contributed by atoms with Gasteiger partial charge < -0.3 is 10.1 Å². The number of rotatable bonds is 5. The monoisotopic (exact) mass is 217 g/mol. The molecule has 4 heteroatoms. The van der Waals surface area contributed by atoms with E-state index in [2.05, 4.69) is 10.4 Å². The van der Waals surface area contributed by atoms with Crippen molar-refractivity contribution >= 4 is 5.69 Å². The molecular formula is C12H15N3O. The Morgan fingerprint density at radius 3 is 2.81 bits per heavy atom. The molecular weight excluding hydrogens is 202 g/mol. The van der Waals surface area contributed by atoms with Crippen LogP contribution in [0.4, 0.5) is 5.69 Å². The lowest BCUT2D eigenvalue weighted by atomic mass is 10.3. The Morgan fingerprint density at radius 2 is 2.12 bits per heavy atom. The molecule has 16 heavy (non-hydrogen) atoms. The second-order valence-corrected chi connectivity index (χ2v) is 3.49. The summed E-state index contributed by atoms with van der Waals surface area (Å²) in [7, 11) is 1.89. The molecule has 0 amide bonds. The van der Waals surface area contributed by atoms with Crippen LogP contribution in [0.3, 0.4) is 0 Å². The number of hydrogen-bond donors (Lipinski definition) is 1. The van der Waals surface area contributed by atoms with Crippen LogP contribution in [0.15, 0.2) is 42.7 Å². The smallest absolute Gasteiger partial charge is 0.119 e. The first-order valence-electron chi connectivity index (χ1n) is 5.25. The summed E-state index contributed by atoms with van der Waals surface area (Å²) in [6.07, 6.45) is 3.73. The third-order valence-electron chi connectivity index (χ3n) is 2.15. The number of nitrogens with zero attached hydrogens (tertiary/aromatic N) is 2. The maximum absolute atomic E-state index is 5.54. The van der Waals surface area contributed by atoms with Gasteiger partial charge >= 0.3 is 0 Å². The van der Waals surface area contributed by atoms with Gasteiger partial charge in [-0.25, -0.2) is 0 Å². The lowest BCUT2D eigenvalue weighted by Gasteiger charge is -2.06. The van der Waals surface area contributed by atoms with Crippen molar-refractivity contribution in [1.29, 1.82) is 0 Å². The first-order chi connectivity index (χ1) is 7.84. The number of aryl methyl sites for hydroxylation is 1. The minimum absolute atomic E-state index is 0.638. The average Bonchev–Trinajstić information content (AvgIpc) is 2.72. The minimum atomic E-state index is 0.638. The number of benzene rings is 1. The molecule has 0 atom stereocenters. The van der Waals surface area contributed by atoms with Crippen LogP contribution >= 0.6 is 0 Å². The first-order valence-corrected chi connectivity index (χ1v) is 5.25. The summed E-state index contributed by atoms with van der Waals surface area (Å²) in [5.74, 6) is 0.899. The summed E-state index contributed by atoms with van der Waals surface area (Å²) in [5.41, 5.74) is 1.01. The Balaban J connectivity index is 1.69. The van der Waals surface area contributed by atoms with E-state index in [9.17, 15) is 0 Å². The van der Waals surface area contributed by atoms with Gasteiger partial charge in [-0.15, -0.1) is 0 Å². The van der Waals surface area contributed by atoms with Crippen molar-refractivity contribution in [3.05, 3.63) is 42.7 Å². The van der Waals surface area contributed by atoms with Crippen LogP contribution in [0.2, 0.25) is 0 Å². The minimum Gasteiger partial charge on any atom is -0.492 e. The fourth-order valence-electron chi connectivity index (χ4n) is 1.39. The van der Waals surface area contributed by atoms with Gasteiger partial charge in [0.05, 0.1) is 11.9 Å². The Hall–Kier alpha value is -1.97. The normalized spacial score (nSPS) is 10.1. The van der Waals surface area contributed by atoms with Crippen LogP contribution in [-0.4, -0.2) is 22.9 Å². The maximum atomic E-state index is 5.54. The van der Waals surface area contributed by atoms with Crippen LogP contribution < -0.4 is 10.1 Å². The van der Waals surface area contributed by atoms with Crippen molar-refractivity contribution in [2.24, 2.45) is 7.05 Å². The van der Waals surface area contributed by atoms with Gasteiger partial charge in [0, 0.05) is 19.8 Å². The van der Waals surface area contributed by atoms with Gasteiger partial charge in [-0.1, -0.05) is 18.2 Å². The third-order valence-corrected chi connectivity index (χ3v) is 2.15. The van der Waals surface area contributed by atoms with Gasteiger partial charge in [-0.2, -0.15) is 5.10 Å². The number of anilines is 1. The zero-order chi connectivity index (χ0) is 11.2. The molecule has 1 aromatic carbocycles. The van der Waals surface area contributed by atoms with Crippen LogP contribution in [-0.2, 0) is 7.05 Å². The molecule has 1 aromatic heterocycles. The number of aromatic nitrogens is 2. The van der Waals surface area contributed by atoms with Crippen molar-refractivity contribution in [3.8, 4) is 5.75 Å². The highest BCUT2D eigenvalue weighted by Crippen LogP contribution is 2.08. The Kier molecular flexibility index (Phi) is 3.43. The molecule has 2 rings (SSSR count). The molecule has 0 radical (unpaired) electrons. The molecule has 0 aliphatic carbocycles. The molecule has 0 saturated carbocycles. The summed E-state index contributed by atoms with van der Waals surface area (Å²) in [5, 5.41) is 7.29. The zero-order valence-electron chi connectivity index (χ0n) is 9.26. The number of para-hydroxylation sites is 1. The van der Waals surface area contributed by atoms with Crippen molar-refractivity contribution in [3.63, 3.8) is 0 Å². The van der Waals surface area contributed by atoms with Crippen molar-refractivity contribution < 1.29 is 4.74 Å². The van der Waals surface area contributed by atoms with Gasteiger partial charge in [0.15, 0.2) is 0 Å². The van der Waals surface area contributed by atoms with Crippen LogP contribution in [0.5, 0.6) is 5.75 Å². The molecule has 0 spiro atoms. The summed E-state index contributed by atoms with van der Waals surface area (Å²) in [4.78, 5) is 0. The largest absolute Gasteiger partial charge is 0.492 e. The molecule has 0 fully saturated rings. The highest BCUT2D eigenvalue weighted by molar-refractivity contribution is 5.37. The van der Waals surface area contributed by atoms with Crippen molar-refractivity contribution in [2.45, 2.75) is 0 Å². The lowest BCUT2D eigenvalue weighted by molar-refractivity contribution is 0.333. The highest BCUT2D eigenvalue weighted by Gasteiger charge is 1.95. The quantitative estimate of drug-likeness (QED) is 0.778. The molecule has 1 heterocycles. The van der Waals surface area contributed by atoms with Gasteiger partial charge in [0.2, 0.25) is 0 Å². The van der Waals surface area contributed by atoms with E-state index >= 15 is 0 Å². The standard InChI is InChI=1S/C12H15N3O/c1-15-10-11(9-14-15)13-7-8-16-12-5-3-2-4-6-12/h2-6,9-10,13H,7-8H2,1H3. The Morgan fingerprint density at radius 1 is 1.31 bits per heavy atom. The molecule has 0 aliphatic rings. The van der Waals surface area contributed by atoms with Crippen LogP contribution in [0, 0.1) is 0 Å². The second-order valence-electron chi connectivity index (χ2n) is 3.49. The van der Waals surface area contributed by atoms with E-state index in [0.29, 0.717) is 6.61 Å². The predicted molar refractivity (Wildman–Crippen MR) is 63.6 cm³/mol. The van der Waals surface area contributed by atoms with E-state index in [4.69, 9.17) is 4.74 Å². The summed E-state index contributed by atoms with van der Waals surface area (Å²) in [6, 6.07) is 9.79. The van der Waals surface area contributed by atoms with Gasteiger partial charge in [0.25, 0.3) is 0 Å². The second kappa shape index (κ2) is 5.21. The SMILES string of the molecule is Cn1cc(NCCOc2ccccc2)cn1. The van der Waals surface area contributed by atoms with Crippen molar-refractivity contribution in [1.82, 2.24) is 9.78 Å². The molecule has 2 aromatic rings. The lowest BCUT2D eigenvalue weighted by Crippen LogP contribution is -2.10. The average molecular weight is 217 g/mol. The fraction of sp³-hybridized carbons (Fsp3) is 0.250. The van der Waals surface area contributed by atoms with Gasteiger partial charge in [-0.05, 0) is 12.1 Å². The molecule has 0 saturated heterocycles. The summed E-state index contributed by atoms with van der Waals surface area (Å²) in [6.45, 7) is 1.40. The van der Waals surface area contributed by atoms with E-state index in [1.54, 1.807) is 10.9 Å². The van der Waals surface area contributed by atoms with Crippen molar-refractivity contribution in [2.75, 3.05) is 18.5 Å². The highest BCUT2D eigenvalue weighted by atomic mass is 16.5. The molecule has 0 bridgehead atoms. The van der Waals surface area contributed by atoms with Gasteiger partial charge in [0.1, 0.15) is 12.4 Å². The molecule has 4 nitrogen and oxygen atoms in total. The van der Waals surface area contributed by atoms with E-state index in [1.165, 1.54) is 0 Å². The Bertz CT molecular complexity index is 425. The molecule has 0 unspecified atom stereocenters. The van der Waals surface area contributed by atoms with E-state index < -0.39 is 0 Å². The third kappa shape index (κ3) is 3.02. The predicted octanol–water partition coefficient (Wildman–Crippen LogP) is 1.91. The molecule has 1 N–H and O–H groups in total. The Labute approximate surface area is 94.9 Å². The van der Waals surface area contributed by atoms with E-state index in [-0.39, 0.29) is 0 Å². The number of nitrogens with one attached hydrogen (secondary N) is 1. The topological polar surface area (TPSA) is 39.1 Å². The number of hydrogen-bond acceptors (Lipinski definition) is 3. The summed E-state index contributed by atoms with van der Waals surface area (Å²) < 4.78 is 7.31. The van der Waals surface area contributed by atoms with Gasteiger partial charge in [-0.3, -0.25) is 4.68 Å².